The molecule has 0 bridgehead atoms. The van der Waals surface area contributed by atoms with Gasteiger partial charge in [0.2, 0.25) is 5.12 Å². The average Bonchev–Trinajstić information content (AvgIpc) is 2.05. The molecule has 0 saturated carbocycles. The predicted octanol–water partition coefficient (Wildman–Crippen LogP) is 2.48. The number of carbonyl (C=O) groups is 1. The van der Waals surface area contributed by atoms with Gasteiger partial charge in [-0.2, -0.15) is 0 Å². The van der Waals surface area contributed by atoms with E-state index in [2.05, 4.69) is 12.6 Å². The van der Waals surface area contributed by atoms with Crippen molar-refractivity contribution in [2.75, 3.05) is 6.26 Å². The van der Waals surface area contributed by atoms with E-state index in [-0.39, 0.29) is 5.12 Å². The molecule has 0 aliphatic rings. The highest BCUT2D eigenvalue weighted by atomic mass is 32.2. The fraction of sp³-hybridized carbons (Fsp3) is 0.125. The summed E-state index contributed by atoms with van der Waals surface area (Å²) in [5.74, 6) is 0. The van der Waals surface area contributed by atoms with Crippen molar-refractivity contribution in [3.05, 3.63) is 29.8 Å². The predicted molar refractivity (Wildman–Crippen MR) is 51.5 cm³/mol. The van der Waals surface area contributed by atoms with Crippen molar-refractivity contribution in [3.8, 4) is 0 Å². The van der Waals surface area contributed by atoms with Crippen LogP contribution >= 0.6 is 24.4 Å². The molecular formula is C8H8OS2. The second-order valence-corrected chi connectivity index (χ2v) is 3.32. The Hall–Kier alpha value is -0.410. The Kier molecular flexibility index (Phi) is 3.02. The van der Waals surface area contributed by atoms with Crippen LogP contribution in [0, 0.1) is 0 Å². The van der Waals surface area contributed by atoms with Crippen LogP contribution in [0.15, 0.2) is 29.2 Å². The molecule has 0 aliphatic carbocycles. The first-order chi connectivity index (χ1) is 5.24. The maximum Gasteiger partial charge on any atom is 0.216 e. The van der Waals surface area contributed by atoms with Crippen LogP contribution in [0.2, 0.25) is 0 Å². The van der Waals surface area contributed by atoms with Crippen LogP contribution in [0.5, 0.6) is 0 Å². The van der Waals surface area contributed by atoms with Gasteiger partial charge in [0.15, 0.2) is 0 Å². The fourth-order valence-electron chi connectivity index (χ4n) is 0.756. The summed E-state index contributed by atoms with van der Waals surface area (Å²) in [6.07, 6.45) is 1.97. The molecule has 1 aromatic carbocycles. The molecule has 3 heteroatoms. The van der Waals surface area contributed by atoms with Crippen LogP contribution in [0.3, 0.4) is 0 Å². The van der Waals surface area contributed by atoms with Gasteiger partial charge in [0.05, 0.1) is 0 Å². The van der Waals surface area contributed by atoms with Crippen molar-refractivity contribution >= 4 is 29.5 Å². The molecule has 1 rings (SSSR count). The molecule has 0 N–H and O–H groups in total. The van der Waals surface area contributed by atoms with E-state index >= 15 is 0 Å². The maximum atomic E-state index is 10.8. The molecule has 11 heavy (non-hydrogen) atoms. The molecule has 0 spiro atoms. The summed E-state index contributed by atoms with van der Waals surface area (Å²) in [6, 6.07) is 7.41. The molecule has 1 aromatic rings. The number of hydrogen-bond donors (Lipinski definition) is 1. The monoisotopic (exact) mass is 184 g/mol. The number of thiol groups is 1. The molecule has 0 amide bonds. The molecule has 0 fully saturated rings. The highest BCUT2D eigenvalue weighted by Crippen LogP contribution is 2.16. The van der Waals surface area contributed by atoms with Crippen molar-refractivity contribution < 1.29 is 4.79 Å². The molecule has 0 saturated heterocycles. The third-order valence-corrected chi connectivity index (χ3v) is 2.30. The van der Waals surface area contributed by atoms with Gasteiger partial charge < -0.3 is 0 Å². The molecular weight excluding hydrogens is 176 g/mol. The normalized spacial score (nSPS) is 9.64. The lowest BCUT2D eigenvalue weighted by molar-refractivity contribution is 0.109. The minimum absolute atomic E-state index is 0.180. The highest BCUT2D eigenvalue weighted by Gasteiger charge is 1.99. The maximum absolute atomic E-state index is 10.8. The lowest BCUT2D eigenvalue weighted by Crippen LogP contribution is -1.87. The highest BCUT2D eigenvalue weighted by molar-refractivity contribution is 7.98. The van der Waals surface area contributed by atoms with E-state index in [1.807, 2.05) is 24.5 Å². The third-order valence-electron chi connectivity index (χ3n) is 1.32. The summed E-state index contributed by atoms with van der Waals surface area (Å²) in [5, 5.41) is -0.180. The summed E-state index contributed by atoms with van der Waals surface area (Å²) < 4.78 is 0. The SMILES string of the molecule is CSc1cccc(C(=O)S)c1. The number of thioether (sulfide) groups is 1. The number of hydrogen-bond acceptors (Lipinski definition) is 2. The molecule has 58 valence electrons. The van der Waals surface area contributed by atoms with Crippen LogP contribution in [0.25, 0.3) is 0 Å². The molecule has 0 aromatic heterocycles. The van der Waals surface area contributed by atoms with Gasteiger partial charge in [-0.15, -0.1) is 24.4 Å². The van der Waals surface area contributed by atoms with E-state index in [9.17, 15) is 4.79 Å². The van der Waals surface area contributed by atoms with E-state index in [1.165, 1.54) is 0 Å². The number of rotatable bonds is 2. The molecule has 0 radical (unpaired) electrons. The number of carbonyl (C=O) groups excluding carboxylic acids is 1. The van der Waals surface area contributed by atoms with Crippen molar-refractivity contribution in [1.29, 1.82) is 0 Å². The van der Waals surface area contributed by atoms with Crippen LogP contribution in [-0.4, -0.2) is 11.4 Å². The van der Waals surface area contributed by atoms with Gasteiger partial charge in [-0.1, -0.05) is 12.1 Å². The Morgan fingerprint density at radius 2 is 2.27 bits per heavy atom. The van der Waals surface area contributed by atoms with Crippen molar-refractivity contribution in [2.24, 2.45) is 0 Å². The van der Waals surface area contributed by atoms with Gasteiger partial charge in [0.1, 0.15) is 0 Å². The summed E-state index contributed by atoms with van der Waals surface area (Å²) in [4.78, 5) is 11.9. The Bertz CT molecular complexity index is 271. The lowest BCUT2D eigenvalue weighted by atomic mass is 10.2. The van der Waals surface area contributed by atoms with Gasteiger partial charge in [-0.05, 0) is 18.4 Å². The zero-order valence-electron chi connectivity index (χ0n) is 6.07. The minimum atomic E-state index is -0.180. The first-order valence-electron chi connectivity index (χ1n) is 3.11. The zero-order chi connectivity index (χ0) is 8.27. The largest absolute Gasteiger partial charge is 0.282 e. The summed E-state index contributed by atoms with van der Waals surface area (Å²) >= 11 is 5.34. The van der Waals surface area contributed by atoms with E-state index < -0.39 is 0 Å². The van der Waals surface area contributed by atoms with Gasteiger partial charge in [0.25, 0.3) is 0 Å². The molecule has 0 heterocycles. The standard InChI is InChI=1S/C8H8OS2/c1-11-7-4-2-3-6(5-7)8(9)10/h2-5H,1H3,(H,9,10). The molecule has 0 aliphatic heterocycles. The van der Waals surface area contributed by atoms with Crippen LogP contribution < -0.4 is 0 Å². The average molecular weight is 184 g/mol. The van der Waals surface area contributed by atoms with E-state index in [0.29, 0.717) is 5.56 Å². The van der Waals surface area contributed by atoms with Gasteiger partial charge in [-0.25, -0.2) is 0 Å². The smallest absolute Gasteiger partial charge is 0.216 e. The van der Waals surface area contributed by atoms with Gasteiger partial charge in [0, 0.05) is 10.5 Å². The first kappa shape index (κ1) is 8.68. The summed E-state index contributed by atoms with van der Waals surface area (Å²) in [6.45, 7) is 0. The van der Waals surface area contributed by atoms with E-state index in [1.54, 1.807) is 17.8 Å². The minimum Gasteiger partial charge on any atom is -0.282 e. The fourth-order valence-corrected chi connectivity index (χ4v) is 1.35. The lowest BCUT2D eigenvalue weighted by Gasteiger charge is -1.97. The quantitative estimate of drug-likeness (QED) is 0.562. The van der Waals surface area contributed by atoms with Crippen molar-refractivity contribution in [1.82, 2.24) is 0 Å². The van der Waals surface area contributed by atoms with Gasteiger partial charge >= 0.3 is 0 Å². The zero-order valence-corrected chi connectivity index (χ0v) is 7.78. The van der Waals surface area contributed by atoms with Crippen LogP contribution in [0.4, 0.5) is 0 Å². The third kappa shape index (κ3) is 2.27. The Labute approximate surface area is 75.6 Å². The Morgan fingerprint density at radius 3 is 2.82 bits per heavy atom. The summed E-state index contributed by atoms with van der Waals surface area (Å²) in [7, 11) is 0. The van der Waals surface area contributed by atoms with Crippen LogP contribution in [-0.2, 0) is 0 Å². The second kappa shape index (κ2) is 3.83. The van der Waals surface area contributed by atoms with Gasteiger partial charge in [-0.3, -0.25) is 4.79 Å². The van der Waals surface area contributed by atoms with Crippen molar-refractivity contribution in [3.63, 3.8) is 0 Å². The number of benzene rings is 1. The van der Waals surface area contributed by atoms with E-state index in [4.69, 9.17) is 0 Å². The second-order valence-electron chi connectivity index (χ2n) is 2.04. The Balaban J connectivity index is 3.01. The molecule has 1 nitrogen and oxygen atoms in total. The molecule has 0 atom stereocenters. The Morgan fingerprint density at radius 1 is 1.55 bits per heavy atom. The van der Waals surface area contributed by atoms with Crippen molar-refractivity contribution in [2.45, 2.75) is 4.90 Å². The first-order valence-corrected chi connectivity index (χ1v) is 4.78. The summed E-state index contributed by atoms with van der Waals surface area (Å²) in [5.41, 5.74) is 0.653. The molecule has 0 unspecified atom stereocenters. The van der Waals surface area contributed by atoms with Crippen LogP contribution in [0.1, 0.15) is 10.4 Å². The topological polar surface area (TPSA) is 17.1 Å². The van der Waals surface area contributed by atoms with E-state index in [0.717, 1.165) is 4.90 Å².